The second-order valence-corrected chi connectivity index (χ2v) is 5.05. The Labute approximate surface area is 119 Å². The highest BCUT2D eigenvalue weighted by Gasteiger charge is 2.07. The zero-order valence-corrected chi connectivity index (χ0v) is 11.6. The van der Waals surface area contributed by atoms with Gasteiger partial charge in [-0.1, -0.05) is 42.5 Å². The number of hydrogen-bond donors (Lipinski definition) is 2. The molecule has 0 fully saturated rings. The average molecular weight is 273 g/mol. The van der Waals surface area contributed by atoms with E-state index in [1.807, 2.05) is 36.4 Å². The average Bonchev–Trinajstić information content (AvgIpc) is 2.48. The summed E-state index contributed by atoms with van der Waals surface area (Å²) in [5.74, 6) is -0.145. The van der Waals surface area contributed by atoms with Crippen molar-refractivity contribution in [1.29, 1.82) is 0 Å². The summed E-state index contributed by atoms with van der Waals surface area (Å²) in [4.78, 5) is 0. The van der Waals surface area contributed by atoms with Gasteiger partial charge in [-0.3, -0.25) is 0 Å². The lowest BCUT2D eigenvalue weighted by Crippen LogP contribution is -2.27. The molecule has 20 heavy (non-hydrogen) atoms. The van der Waals surface area contributed by atoms with E-state index < -0.39 is 0 Å². The fraction of sp³-hybridized carbons (Fsp3) is 0.294. The molecule has 2 aromatic carbocycles. The molecule has 2 aromatic rings. The first-order chi connectivity index (χ1) is 9.69. The van der Waals surface area contributed by atoms with Gasteiger partial charge in [0.2, 0.25) is 0 Å². The van der Waals surface area contributed by atoms with Gasteiger partial charge in [-0.15, -0.1) is 0 Å². The Hall–Kier alpha value is -1.71. The van der Waals surface area contributed by atoms with Gasteiger partial charge in [0.25, 0.3) is 0 Å². The lowest BCUT2D eigenvalue weighted by molar-refractivity contribution is 0.282. The van der Waals surface area contributed by atoms with Crippen LogP contribution in [0, 0.1) is 5.82 Å². The van der Waals surface area contributed by atoms with Crippen molar-refractivity contribution in [1.82, 2.24) is 5.32 Å². The molecule has 0 aliphatic carbocycles. The van der Waals surface area contributed by atoms with Crippen LogP contribution in [-0.4, -0.2) is 11.1 Å². The molecular weight excluding hydrogens is 253 g/mol. The molecule has 0 saturated heterocycles. The van der Waals surface area contributed by atoms with E-state index in [-0.39, 0.29) is 18.5 Å². The summed E-state index contributed by atoms with van der Waals surface area (Å²) in [6.45, 7) is 2.85. The van der Waals surface area contributed by atoms with E-state index in [0.717, 1.165) is 23.2 Å². The summed E-state index contributed by atoms with van der Waals surface area (Å²) in [5.41, 5.74) is 2.80. The number of hydrogen-bond acceptors (Lipinski definition) is 2. The van der Waals surface area contributed by atoms with Crippen molar-refractivity contribution in [2.45, 2.75) is 32.5 Å². The van der Waals surface area contributed by atoms with Crippen molar-refractivity contribution in [2.24, 2.45) is 0 Å². The topological polar surface area (TPSA) is 32.3 Å². The Morgan fingerprint density at radius 2 is 1.70 bits per heavy atom. The van der Waals surface area contributed by atoms with Gasteiger partial charge in [-0.05, 0) is 36.1 Å². The molecule has 3 heteroatoms. The molecule has 0 aromatic heterocycles. The van der Waals surface area contributed by atoms with Crippen molar-refractivity contribution in [2.75, 3.05) is 0 Å². The smallest absolute Gasteiger partial charge is 0.126 e. The molecule has 106 valence electrons. The SMILES string of the molecule is CC(Cc1ccccc1F)NCc1ccc(CO)cc1. The molecule has 0 amide bonds. The van der Waals surface area contributed by atoms with Gasteiger partial charge < -0.3 is 10.4 Å². The first-order valence-electron chi connectivity index (χ1n) is 6.84. The third-order valence-electron chi connectivity index (χ3n) is 3.34. The van der Waals surface area contributed by atoms with Gasteiger partial charge >= 0.3 is 0 Å². The zero-order chi connectivity index (χ0) is 14.4. The first kappa shape index (κ1) is 14.7. The third-order valence-corrected chi connectivity index (χ3v) is 3.34. The Morgan fingerprint density at radius 3 is 2.35 bits per heavy atom. The van der Waals surface area contributed by atoms with E-state index >= 15 is 0 Å². The van der Waals surface area contributed by atoms with E-state index in [1.165, 1.54) is 6.07 Å². The molecule has 0 radical (unpaired) electrons. The lowest BCUT2D eigenvalue weighted by Gasteiger charge is -2.14. The van der Waals surface area contributed by atoms with Crippen LogP contribution in [0.15, 0.2) is 48.5 Å². The largest absolute Gasteiger partial charge is 0.392 e. The molecular formula is C17H20FNO. The van der Waals surface area contributed by atoms with Crippen LogP contribution in [0.25, 0.3) is 0 Å². The number of halogens is 1. The quantitative estimate of drug-likeness (QED) is 0.848. The summed E-state index contributed by atoms with van der Waals surface area (Å²) in [6.07, 6.45) is 0.668. The minimum Gasteiger partial charge on any atom is -0.392 e. The number of rotatable bonds is 6. The molecule has 0 aliphatic rings. The molecule has 0 saturated carbocycles. The lowest BCUT2D eigenvalue weighted by atomic mass is 10.1. The van der Waals surface area contributed by atoms with Crippen LogP contribution in [0.2, 0.25) is 0 Å². The van der Waals surface area contributed by atoms with Crippen LogP contribution >= 0.6 is 0 Å². The fourth-order valence-electron chi connectivity index (χ4n) is 2.12. The molecule has 1 atom stereocenters. The molecule has 0 bridgehead atoms. The molecule has 2 N–H and O–H groups in total. The van der Waals surface area contributed by atoms with Gasteiger partial charge in [0.15, 0.2) is 0 Å². The van der Waals surface area contributed by atoms with Crippen molar-refractivity contribution in [3.05, 3.63) is 71.0 Å². The highest BCUT2D eigenvalue weighted by Crippen LogP contribution is 2.10. The monoisotopic (exact) mass is 273 g/mol. The highest BCUT2D eigenvalue weighted by atomic mass is 19.1. The first-order valence-corrected chi connectivity index (χ1v) is 6.84. The Balaban J connectivity index is 1.85. The maximum absolute atomic E-state index is 13.5. The number of nitrogens with one attached hydrogen (secondary N) is 1. The fourth-order valence-corrected chi connectivity index (χ4v) is 2.12. The van der Waals surface area contributed by atoms with Crippen molar-refractivity contribution >= 4 is 0 Å². The summed E-state index contributed by atoms with van der Waals surface area (Å²) in [6, 6.07) is 14.9. The van der Waals surface area contributed by atoms with Crippen LogP contribution in [0.5, 0.6) is 0 Å². The summed E-state index contributed by atoms with van der Waals surface area (Å²) in [5, 5.41) is 12.4. The van der Waals surface area contributed by atoms with Gasteiger partial charge in [0.05, 0.1) is 6.61 Å². The maximum Gasteiger partial charge on any atom is 0.126 e. The van der Waals surface area contributed by atoms with Crippen molar-refractivity contribution in [3.8, 4) is 0 Å². The van der Waals surface area contributed by atoms with Gasteiger partial charge in [0.1, 0.15) is 5.82 Å². The van der Waals surface area contributed by atoms with E-state index in [1.54, 1.807) is 6.07 Å². The summed E-state index contributed by atoms with van der Waals surface area (Å²) >= 11 is 0. The molecule has 2 nitrogen and oxygen atoms in total. The standard InChI is InChI=1S/C17H20FNO/c1-13(10-16-4-2-3-5-17(16)18)19-11-14-6-8-15(12-20)9-7-14/h2-9,13,19-20H,10-12H2,1H3. The predicted molar refractivity (Wildman–Crippen MR) is 78.8 cm³/mol. The van der Waals surface area contributed by atoms with Crippen molar-refractivity contribution < 1.29 is 9.50 Å². The van der Waals surface area contributed by atoms with Crippen LogP contribution in [0.1, 0.15) is 23.6 Å². The Morgan fingerprint density at radius 1 is 1.05 bits per heavy atom. The van der Waals surface area contributed by atoms with Gasteiger partial charge in [-0.2, -0.15) is 0 Å². The highest BCUT2D eigenvalue weighted by molar-refractivity contribution is 5.22. The van der Waals surface area contributed by atoms with E-state index in [2.05, 4.69) is 12.2 Å². The minimum atomic E-state index is -0.145. The molecule has 0 spiro atoms. The normalized spacial score (nSPS) is 12.3. The predicted octanol–water partition coefficient (Wildman–Crippen LogP) is 3.04. The van der Waals surface area contributed by atoms with Crippen LogP contribution in [0.3, 0.4) is 0 Å². The van der Waals surface area contributed by atoms with Crippen LogP contribution in [-0.2, 0) is 19.6 Å². The zero-order valence-electron chi connectivity index (χ0n) is 11.6. The van der Waals surface area contributed by atoms with E-state index in [9.17, 15) is 4.39 Å². The number of aliphatic hydroxyl groups is 1. The molecule has 1 unspecified atom stereocenters. The third kappa shape index (κ3) is 4.15. The molecule has 0 heterocycles. The number of benzene rings is 2. The summed E-state index contributed by atoms with van der Waals surface area (Å²) in [7, 11) is 0. The van der Waals surface area contributed by atoms with Gasteiger partial charge in [-0.25, -0.2) is 4.39 Å². The van der Waals surface area contributed by atoms with E-state index in [0.29, 0.717) is 6.42 Å². The van der Waals surface area contributed by atoms with Crippen LogP contribution < -0.4 is 5.32 Å². The molecule has 2 rings (SSSR count). The van der Waals surface area contributed by atoms with Gasteiger partial charge in [0, 0.05) is 12.6 Å². The summed E-state index contributed by atoms with van der Waals surface area (Å²) < 4.78 is 13.5. The van der Waals surface area contributed by atoms with E-state index in [4.69, 9.17) is 5.11 Å². The molecule has 0 aliphatic heterocycles. The second-order valence-electron chi connectivity index (χ2n) is 5.05. The Bertz CT molecular complexity index is 539. The minimum absolute atomic E-state index is 0.0669. The number of aliphatic hydroxyl groups excluding tert-OH is 1. The van der Waals surface area contributed by atoms with Crippen molar-refractivity contribution in [3.63, 3.8) is 0 Å². The Kier molecular flexibility index (Phi) is 5.27. The maximum atomic E-state index is 13.5. The van der Waals surface area contributed by atoms with Crippen LogP contribution in [0.4, 0.5) is 4.39 Å². The second kappa shape index (κ2) is 7.17.